The summed E-state index contributed by atoms with van der Waals surface area (Å²) >= 11 is 0. The van der Waals surface area contributed by atoms with Crippen molar-refractivity contribution in [2.75, 3.05) is 6.61 Å². The number of imide groups is 1. The first-order valence-corrected chi connectivity index (χ1v) is 9.59. The first-order chi connectivity index (χ1) is 14.2. The van der Waals surface area contributed by atoms with E-state index in [-0.39, 0.29) is 5.91 Å². The number of carbonyl (C=O) groups is 2. The van der Waals surface area contributed by atoms with Gasteiger partial charge in [0.2, 0.25) is 0 Å². The summed E-state index contributed by atoms with van der Waals surface area (Å²) in [5, 5.41) is 4.23. The molecule has 0 saturated heterocycles. The van der Waals surface area contributed by atoms with Gasteiger partial charge in [-0.3, -0.25) is 14.9 Å². The molecule has 0 atom stereocenters. The minimum Gasteiger partial charge on any atom is -0.414 e. The van der Waals surface area contributed by atoms with Crippen LogP contribution in [0, 0.1) is 0 Å². The van der Waals surface area contributed by atoms with Crippen LogP contribution in [0.4, 0.5) is 0 Å². The molecule has 144 valence electrons. The summed E-state index contributed by atoms with van der Waals surface area (Å²) in [7, 11) is 0. The summed E-state index contributed by atoms with van der Waals surface area (Å²) < 4.78 is 1.68. The molecule has 2 aromatic heterocycles. The summed E-state index contributed by atoms with van der Waals surface area (Å²) in [4.78, 5) is 34.7. The van der Waals surface area contributed by atoms with E-state index in [0.29, 0.717) is 28.9 Å². The molecule has 6 nitrogen and oxygen atoms in total. The number of carbonyl (C=O) groups excluding carboxylic acids is 2. The molecule has 0 unspecified atom stereocenters. The zero-order valence-corrected chi connectivity index (χ0v) is 15.9. The monoisotopic (exact) mass is 385 g/mol. The third-order valence-electron chi connectivity index (χ3n) is 5.17. The third-order valence-corrected chi connectivity index (χ3v) is 5.17. The molecule has 0 spiro atoms. The summed E-state index contributed by atoms with van der Waals surface area (Å²) in [6.07, 6.45) is 4.44. The van der Waals surface area contributed by atoms with Gasteiger partial charge in [-0.25, -0.2) is 0 Å². The van der Waals surface area contributed by atoms with Crippen LogP contribution in [0.1, 0.15) is 24.5 Å². The maximum atomic E-state index is 12.8. The van der Waals surface area contributed by atoms with Gasteiger partial charge < -0.3 is 9.82 Å². The number of para-hydroxylation sites is 2. The van der Waals surface area contributed by atoms with Gasteiger partial charge in [0.1, 0.15) is 6.61 Å². The first-order valence-electron chi connectivity index (χ1n) is 9.59. The Morgan fingerprint density at radius 3 is 2.38 bits per heavy atom. The Morgan fingerprint density at radius 2 is 1.59 bits per heavy atom. The molecule has 3 heterocycles. The van der Waals surface area contributed by atoms with Crippen LogP contribution in [0.2, 0.25) is 0 Å². The van der Waals surface area contributed by atoms with E-state index < -0.39 is 5.91 Å². The molecule has 0 radical (unpaired) electrons. The Labute approximate surface area is 166 Å². The highest BCUT2D eigenvalue weighted by atomic mass is 16.7. The highest BCUT2D eigenvalue weighted by Crippen LogP contribution is 2.38. The predicted molar refractivity (Wildman–Crippen MR) is 112 cm³/mol. The van der Waals surface area contributed by atoms with Gasteiger partial charge >= 0.3 is 0 Å². The lowest BCUT2D eigenvalue weighted by Gasteiger charge is -2.05. The number of H-pyrrole nitrogens is 1. The molecule has 0 fully saturated rings. The minimum absolute atomic E-state index is 0.370. The first kappa shape index (κ1) is 17.3. The number of nitrogens with zero attached hydrogens (tertiary/aromatic N) is 1. The van der Waals surface area contributed by atoms with E-state index >= 15 is 0 Å². The molecule has 0 bridgehead atoms. The molecule has 29 heavy (non-hydrogen) atoms. The molecule has 1 aliphatic heterocycles. The maximum Gasteiger partial charge on any atom is 0.259 e. The second-order valence-electron chi connectivity index (χ2n) is 7.00. The summed E-state index contributed by atoms with van der Waals surface area (Å²) in [6.45, 7) is 2.59. The van der Waals surface area contributed by atoms with E-state index in [1.165, 1.54) is 0 Å². The highest BCUT2D eigenvalue weighted by Gasteiger charge is 2.35. The molecule has 4 aromatic rings. The van der Waals surface area contributed by atoms with Crippen molar-refractivity contribution in [2.24, 2.45) is 0 Å². The van der Waals surface area contributed by atoms with Gasteiger partial charge in [-0.1, -0.05) is 43.3 Å². The molecule has 0 aliphatic carbocycles. The lowest BCUT2D eigenvalue weighted by Crippen LogP contribution is -2.22. The Hall–Kier alpha value is -3.80. The molecule has 6 heteroatoms. The predicted octanol–water partition coefficient (Wildman–Crippen LogP) is 3.53. The van der Waals surface area contributed by atoms with Crippen LogP contribution in [0.3, 0.4) is 0 Å². The van der Waals surface area contributed by atoms with E-state index in [9.17, 15) is 9.59 Å². The number of fused-ring (bicyclic) bond motifs is 2. The quantitative estimate of drug-likeness (QED) is 0.516. The van der Waals surface area contributed by atoms with Gasteiger partial charge in [0.15, 0.2) is 0 Å². The van der Waals surface area contributed by atoms with Crippen LogP contribution < -0.4 is 10.2 Å². The number of nitrogens with one attached hydrogen (secondary N) is 2. The van der Waals surface area contributed by atoms with Crippen molar-refractivity contribution in [2.45, 2.75) is 13.3 Å². The summed E-state index contributed by atoms with van der Waals surface area (Å²) in [6, 6.07) is 15.4. The SMILES string of the molecule is CCCOn1cc(C2=C(c3c[nH]c4ccccc34)C(=O)NC2=O)c2ccccc21. The Kier molecular flexibility index (Phi) is 3.98. The minimum atomic E-state index is -0.395. The number of rotatable bonds is 5. The molecule has 5 rings (SSSR count). The average Bonchev–Trinajstić information content (AvgIpc) is 3.39. The lowest BCUT2D eigenvalue weighted by molar-refractivity contribution is -0.122. The van der Waals surface area contributed by atoms with Gasteiger partial charge in [-0.05, 0) is 18.6 Å². The fourth-order valence-corrected chi connectivity index (χ4v) is 3.89. The van der Waals surface area contributed by atoms with Crippen LogP contribution in [0.15, 0.2) is 60.9 Å². The number of hydrogen-bond acceptors (Lipinski definition) is 3. The molecule has 2 N–H and O–H groups in total. The summed E-state index contributed by atoms with van der Waals surface area (Å²) in [5.74, 6) is -0.783. The van der Waals surface area contributed by atoms with Gasteiger partial charge in [-0.15, -0.1) is 0 Å². The fourth-order valence-electron chi connectivity index (χ4n) is 3.89. The van der Waals surface area contributed by atoms with Crippen molar-refractivity contribution in [1.29, 1.82) is 0 Å². The number of hydrogen-bond donors (Lipinski definition) is 2. The van der Waals surface area contributed by atoms with E-state index in [4.69, 9.17) is 4.84 Å². The molecular weight excluding hydrogens is 366 g/mol. The standard InChI is InChI=1S/C23H19N3O3/c1-2-11-29-26-13-17(15-8-4-6-10-19(15)26)21-20(22(27)25-23(21)28)16-12-24-18-9-5-3-7-14(16)18/h3-10,12-13,24H,2,11H2,1H3,(H,25,27,28). The molecular formula is C23H19N3O3. The Balaban J connectivity index is 1.79. The van der Waals surface area contributed by atoms with Crippen LogP contribution in [-0.2, 0) is 9.59 Å². The average molecular weight is 385 g/mol. The fraction of sp³-hybridized carbons (Fsp3) is 0.130. The van der Waals surface area contributed by atoms with Gasteiger partial charge in [0.25, 0.3) is 11.8 Å². The van der Waals surface area contributed by atoms with Crippen molar-refractivity contribution in [3.05, 3.63) is 72.1 Å². The van der Waals surface area contributed by atoms with Crippen LogP contribution in [0.5, 0.6) is 0 Å². The molecule has 0 saturated carbocycles. The van der Waals surface area contributed by atoms with Crippen molar-refractivity contribution in [3.63, 3.8) is 0 Å². The molecule has 2 amide bonds. The summed E-state index contributed by atoms with van der Waals surface area (Å²) in [5.41, 5.74) is 3.91. The van der Waals surface area contributed by atoms with Gasteiger partial charge in [-0.2, -0.15) is 4.73 Å². The number of aromatic nitrogens is 2. The second kappa shape index (κ2) is 6.67. The van der Waals surface area contributed by atoms with E-state index in [0.717, 1.165) is 28.2 Å². The smallest absolute Gasteiger partial charge is 0.259 e. The van der Waals surface area contributed by atoms with Crippen molar-refractivity contribution in [1.82, 2.24) is 15.0 Å². The van der Waals surface area contributed by atoms with Gasteiger partial charge in [0.05, 0.1) is 22.9 Å². The lowest BCUT2D eigenvalue weighted by atomic mass is 9.95. The number of aromatic amines is 1. The normalized spacial score (nSPS) is 14.2. The number of benzene rings is 2. The van der Waals surface area contributed by atoms with Crippen molar-refractivity contribution in [3.8, 4) is 0 Å². The second-order valence-corrected chi connectivity index (χ2v) is 7.00. The third kappa shape index (κ3) is 2.64. The van der Waals surface area contributed by atoms with Crippen LogP contribution in [0.25, 0.3) is 33.0 Å². The van der Waals surface area contributed by atoms with Crippen molar-refractivity contribution < 1.29 is 14.4 Å². The molecule has 2 aromatic carbocycles. The zero-order valence-electron chi connectivity index (χ0n) is 15.9. The zero-order chi connectivity index (χ0) is 20.0. The Bertz CT molecular complexity index is 1310. The number of amides is 2. The van der Waals surface area contributed by atoms with Crippen LogP contribution in [-0.4, -0.2) is 28.1 Å². The topological polar surface area (TPSA) is 76.1 Å². The van der Waals surface area contributed by atoms with Crippen LogP contribution >= 0.6 is 0 Å². The van der Waals surface area contributed by atoms with E-state index in [1.54, 1.807) is 17.1 Å². The Morgan fingerprint density at radius 1 is 0.897 bits per heavy atom. The maximum absolute atomic E-state index is 12.8. The van der Waals surface area contributed by atoms with E-state index in [2.05, 4.69) is 10.3 Å². The highest BCUT2D eigenvalue weighted by molar-refractivity contribution is 6.50. The van der Waals surface area contributed by atoms with Gasteiger partial charge in [0, 0.05) is 33.6 Å². The van der Waals surface area contributed by atoms with Crippen molar-refractivity contribution >= 4 is 44.8 Å². The van der Waals surface area contributed by atoms with E-state index in [1.807, 2.05) is 55.5 Å². The molecule has 1 aliphatic rings. The largest absolute Gasteiger partial charge is 0.414 e.